The number of nitrogens with zero attached hydrogens (tertiary/aromatic N) is 1. The second-order valence-corrected chi connectivity index (χ2v) is 10.4. The number of alkyl halides is 3. The molecule has 0 aromatic heterocycles. The van der Waals surface area contributed by atoms with Crippen molar-refractivity contribution >= 4 is 11.8 Å². The third kappa shape index (κ3) is 6.40. The predicted molar refractivity (Wildman–Crippen MR) is 145 cm³/mol. The highest BCUT2D eigenvalue weighted by Gasteiger charge is 2.36. The maximum Gasteiger partial charge on any atom is 0.416 e. The molecule has 2 fully saturated rings. The third-order valence-electron chi connectivity index (χ3n) is 7.55. The molecule has 0 spiro atoms. The van der Waals surface area contributed by atoms with Crippen LogP contribution in [0.25, 0.3) is 0 Å². The van der Waals surface area contributed by atoms with Gasteiger partial charge in [-0.05, 0) is 65.6 Å². The third-order valence-corrected chi connectivity index (χ3v) is 7.55. The van der Waals surface area contributed by atoms with Gasteiger partial charge in [-0.3, -0.25) is 20.4 Å². The number of hydrogen-bond donors (Lipinski definition) is 4. The van der Waals surface area contributed by atoms with Crippen molar-refractivity contribution in [3.63, 3.8) is 0 Å². The van der Waals surface area contributed by atoms with Crippen molar-refractivity contribution in [1.29, 1.82) is 0 Å². The number of halogens is 4. The molecule has 0 aliphatic carbocycles. The highest BCUT2D eigenvalue weighted by Crippen LogP contribution is 2.36. The van der Waals surface area contributed by atoms with Gasteiger partial charge in [0.05, 0.1) is 24.8 Å². The van der Waals surface area contributed by atoms with E-state index in [9.17, 15) is 32.3 Å². The zero-order valence-corrected chi connectivity index (χ0v) is 22.7. The summed E-state index contributed by atoms with van der Waals surface area (Å²) < 4.78 is 58.4. The lowest BCUT2D eigenvalue weighted by molar-refractivity contribution is -0.137. The molecule has 4 N–H and O–H groups in total. The molecule has 3 aromatic rings. The van der Waals surface area contributed by atoms with Gasteiger partial charge in [-0.15, -0.1) is 0 Å². The van der Waals surface area contributed by atoms with Gasteiger partial charge < -0.3 is 20.1 Å². The van der Waals surface area contributed by atoms with E-state index in [-0.39, 0.29) is 42.5 Å². The zero-order chi connectivity index (χ0) is 30.0. The van der Waals surface area contributed by atoms with Crippen molar-refractivity contribution in [2.45, 2.75) is 37.2 Å². The summed E-state index contributed by atoms with van der Waals surface area (Å²) in [7, 11) is 1.55. The number of rotatable bonds is 7. The number of nitrogens with one attached hydrogen (secondary N) is 3. The van der Waals surface area contributed by atoms with E-state index in [1.807, 2.05) is 6.07 Å². The largest absolute Gasteiger partial charge is 0.496 e. The molecule has 0 saturated carbocycles. The number of β-amino-alcohol motifs (C(OH)–C–C–N with tert-alkyl or cyclic N) is 1. The fourth-order valence-corrected chi connectivity index (χ4v) is 5.47. The molecule has 12 heteroatoms. The van der Waals surface area contributed by atoms with Crippen LogP contribution < -0.4 is 20.9 Å². The number of likely N-dealkylation sites (tertiary alicyclic amines) is 1. The van der Waals surface area contributed by atoms with E-state index in [1.165, 1.54) is 6.07 Å². The molecule has 0 radical (unpaired) electrons. The Labute approximate surface area is 239 Å². The van der Waals surface area contributed by atoms with Crippen LogP contribution in [0.5, 0.6) is 5.75 Å². The maximum absolute atomic E-state index is 13.7. The van der Waals surface area contributed by atoms with Crippen LogP contribution in [0.1, 0.15) is 61.4 Å². The van der Waals surface area contributed by atoms with Gasteiger partial charge in [-0.25, -0.2) is 4.39 Å². The second-order valence-electron chi connectivity index (χ2n) is 10.4. The van der Waals surface area contributed by atoms with Crippen molar-refractivity contribution < 1.29 is 37.0 Å². The van der Waals surface area contributed by atoms with Crippen LogP contribution in [0, 0.1) is 5.82 Å². The minimum Gasteiger partial charge on any atom is -0.496 e. The average molecular weight is 587 g/mol. The Bertz CT molecular complexity index is 1480. The number of carbonyl (C=O) groups excluding carboxylic acids is 2. The number of hydrogen-bond acceptors (Lipinski definition) is 6. The van der Waals surface area contributed by atoms with Crippen LogP contribution in [0.15, 0.2) is 60.7 Å². The molecule has 0 bridgehead atoms. The van der Waals surface area contributed by atoms with Gasteiger partial charge in [0.15, 0.2) is 0 Å². The van der Waals surface area contributed by atoms with Crippen LogP contribution in [-0.2, 0) is 12.7 Å². The van der Waals surface area contributed by atoms with Crippen LogP contribution in [0.3, 0.4) is 0 Å². The molecule has 2 heterocycles. The quantitative estimate of drug-likeness (QED) is 0.313. The highest BCUT2D eigenvalue weighted by molar-refractivity contribution is 5.96. The van der Waals surface area contributed by atoms with Gasteiger partial charge in [0, 0.05) is 43.2 Å². The summed E-state index contributed by atoms with van der Waals surface area (Å²) in [5.74, 6) is -1.16. The summed E-state index contributed by atoms with van der Waals surface area (Å²) in [5.41, 5.74) is 7.17. The monoisotopic (exact) mass is 586 g/mol. The van der Waals surface area contributed by atoms with E-state index < -0.39 is 35.6 Å². The number of amides is 2. The van der Waals surface area contributed by atoms with Gasteiger partial charge >= 0.3 is 6.18 Å². The molecule has 8 nitrogen and oxygen atoms in total. The number of aliphatic hydroxyl groups is 1. The summed E-state index contributed by atoms with van der Waals surface area (Å²) in [4.78, 5) is 28.1. The highest BCUT2D eigenvalue weighted by atomic mass is 19.4. The Morgan fingerprint density at radius 2 is 1.81 bits per heavy atom. The molecule has 42 heavy (non-hydrogen) atoms. The maximum atomic E-state index is 13.7. The number of methoxy groups -OCH3 is 1. The summed E-state index contributed by atoms with van der Waals surface area (Å²) in [6, 6.07) is 13.4. The minimum atomic E-state index is -4.72. The first-order valence-electron chi connectivity index (χ1n) is 13.4. The van der Waals surface area contributed by atoms with Crippen molar-refractivity contribution in [3.8, 4) is 5.75 Å². The van der Waals surface area contributed by atoms with E-state index >= 15 is 0 Å². The van der Waals surface area contributed by atoms with E-state index in [0.717, 1.165) is 30.8 Å². The van der Waals surface area contributed by atoms with Crippen LogP contribution >= 0.6 is 0 Å². The average Bonchev–Trinajstić information content (AvgIpc) is 3.65. The zero-order valence-electron chi connectivity index (χ0n) is 22.7. The molecule has 2 aliphatic rings. The fraction of sp³-hybridized carbons (Fsp3) is 0.333. The van der Waals surface area contributed by atoms with Crippen molar-refractivity contribution in [3.05, 3.63) is 99.9 Å². The number of aliphatic hydroxyl groups excluding tert-OH is 1. The van der Waals surface area contributed by atoms with E-state index in [4.69, 9.17) is 4.74 Å². The lowest BCUT2D eigenvalue weighted by atomic mass is 9.97. The van der Waals surface area contributed by atoms with Gasteiger partial charge in [-0.1, -0.05) is 18.2 Å². The summed E-state index contributed by atoms with van der Waals surface area (Å²) in [5, 5.41) is 13.0. The van der Waals surface area contributed by atoms with E-state index in [1.54, 1.807) is 42.3 Å². The van der Waals surface area contributed by atoms with Crippen molar-refractivity contribution in [2.24, 2.45) is 0 Å². The second kappa shape index (κ2) is 12.1. The minimum absolute atomic E-state index is 0.0376. The number of benzene rings is 3. The first kappa shape index (κ1) is 29.5. The molecule has 2 saturated heterocycles. The van der Waals surface area contributed by atoms with Gasteiger partial charge in [0.1, 0.15) is 11.6 Å². The lowest BCUT2D eigenvalue weighted by Gasteiger charge is -2.26. The molecule has 222 valence electrons. The predicted octanol–water partition coefficient (Wildman–Crippen LogP) is 3.92. The lowest BCUT2D eigenvalue weighted by Crippen LogP contribution is -2.32. The Balaban J connectivity index is 1.32. The summed E-state index contributed by atoms with van der Waals surface area (Å²) in [6.45, 7) is 1.23. The van der Waals surface area contributed by atoms with Gasteiger partial charge in [-0.2, -0.15) is 13.2 Å². The molecule has 3 aromatic carbocycles. The van der Waals surface area contributed by atoms with Gasteiger partial charge in [0.25, 0.3) is 11.8 Å². The smallest absolute Gasteiger partial charge is 0.416 e. The van der Waals surface area contributed by atoms with E-state index in [0.29, 0.717) is 22.9 Å². The first-order chi connectivity index (χ1) is 20.0. The molecule has 2 atom stereocenters. The Morgan fingerprint density at radius 1 is 1.05 bits per heavy atom. The molecular weight excluding hydrogens is 556 g/mol. The number of ether oxygens (including phenoxy) is 1. The normalized spacial score (nSPS) is 19.2. The standard InChI is InChI=1S/C30H30F4N4O4/c1-42-27-10-20(5-6-25(27)21-14-36-37-15-21)29(41)38-16-24(39)12-26(38)18-3-2-4-19(9-18)28(40)35-13-17-7-22(30(32,33)34)11-23(31)8-17/h2-11,21,24,26,36-37,39H,12-16H2,1H3,(H,35,40)/t24?,26-/m1/s1. The molecular formula is C30H30F4N4O4. The van der Waals surface area contributed by atoms with Gasteiger partial charge in [0.2, 0.25) is 0 Å². The van der Waals surface area contributed by atoms with E-state index in [2.05, 4.69) is 16.2 Å². The SMILES string of the molecule is COc1cc(C(=O)N2CC(O)C[C@@H]2c2cccc(C(=O)NCc3cc(F)cc(C(F)(F)F)c3)c2)ccc1C1CNNC1. The molecule has 5 rings (SSSR count). The van der Waals surface area contributed by atoms with Crippen LogP contribution in [0.2, 0.25) is 0 Å². The van der Waals surface area contributed by atoms with Crippen LogP contribution in [-0.4, -0.2) is 54.7 Å². The summed E-state index contributed by atoms with van der Waals surface area (Å²) in [6.07, 6.45) is -5.23. The topological polar surface area (TPSA) is 103 Å². The Kier molecular flexibility index (Phi) is 8.48. The molecule has 2 amide bonds. The Morgan fingerprint density at radius 3 is 2.52 bits per heavy atom. The number of carbonyl (C=O) groups is 2. The fourth-order valence-electron chi connectivity index (χ4n) is 5.47. The van der Waals surface area contributed by atoms with Crippen LogP contribution in [0.4, 0.5) is 17.6 Å². The number of hydrazine groups is 1. The molecule has 1 unspecified atom stereocenters. The Hall–Kier alpha value is -4.00. The molecule has 2 aliphatic heterocycles. The van der Waals surface area contributed by atoms with Crippen molar-refractivity contribution in [2.75, 3.05) is 26.7 Å². The summed E-state index contributed by atoms with van der Waals surface area (Å²) >= 11 is 0. The first-order valence-corrected chi connectivity index (χ1v) is 13.4. The van der Waals surface area contributed by atoms with Crippen molar-refractivity contribution in [1.82, 2.24) is 21.1 Å².